The van der Waals surface area contributed by atoms with Gasteiger partial charge in [0.15, 0.2) is 0 Å². The van der Waals surface area contributed by atoms with Crippen molar-refractivity contribution in [1.29, 1.82) is 0 Å². The Hall–Kier alpha value is -0.0800. The molecule has 0 aromatic rings. The lowest BCUT2D eigenvalue weighted by molar-refractivity contribution is -0.0426. The summed E-state index contributed by atoms with van der Waals surface area (Å²) in [5.74, 6) is 0.997. The fourth-order valence-electron chi connectivity index (χ4n) is 2.63. The molecule has 0 atom stereocenters. The van der Waals surface area contributed by atoms with Gasteiger partial charge in [-0.15, -0.1) is 0 Å². The van der Waals surface area contributed by atoms with Crippen molar-refractivity contribution in [3.8, 4) is 0 Å². The van der Waals surface area contributed by atoms with Crippen molar-refractivity contribution in [2.75, 3.05) is 13.2 Å². The van der Waals surface area contributed by atoms with Crippen LogP contribution in [0, 0.1) is 5.92 Å². The number of ether oxygens (including phenoxy) is 1. The number of hydrogen-bond acceptors (Lipinski definition) is 2. The predicted octanol–water partition coefficient (Wildman–Crippen LogP) is 3.11. The zero-order valence-electron chi connectivity index (χ0n) is 10.9. The van der Waals surface area contributed by atoms with Gasteiger partial charge in [-0.2, -0.15) is 0 Å². The summed E-state index contributed by atoms with van der Waals surface area (Å²) in [4.78, 5) is 0. The van der Waals surface area contributed by atoms with Crippen LogP contribution in [0.5, 0.6) is 0 Å². The zero-order chi connectivity index (χ0) is 11.4. The molecule has 2 fully saturated rings. The van der Waals surface area contributed by atoms with Gasteiger partial charge in [0.2, 0.25) is 0 Å². The molecule has 0 spiro atoms. The van der Waals surface area contributed by atoms with Crippen LogP contribution in [-0.2, 0) is 4.74 Å². The molecule has 0 bridgehead atoms. The average Bonchev–Trinajstić information content (AvgIpc) is 2.94. The maximum absolute atomic E-state index is 6.23. The molecular formula is C14H27NO. The van der Waals surface area contributed by atoms with Gasteiger partial charge in [0.1, 0.15) is 0 Å². The summed E-state index contributed by atoms with van der Waals surface area (Å²) in [6.07, 6.45) is 9.41. The highest BCUT2D eigenvalue weighted by molar-refractivity contribution is 4.89. The van der Waals surface area contributed by atoms with Crippen molar-refractivity contribution in [2.24, 2.45) is 5.92 Å². The van der Waals surface area contributed by atoms with Gasteiger partial charge in [0.25, 0.3) is 0 Å². The van der Waals surface area contributed by atoms with Crippen LogP contribution in [0.1, 0.15) is 58.8 Å². The van der Waals surface area contributed by atoms with Crippen molar-refractivity contribution < 1.29 is 4.74 Å². The van der Waals surface area contributed by atoms with Gasteiger partial charge < -0.3 is 10.1 Å². The molecule has 0 amide bonds. The summed E-state index contributed by atoms with van der Waals surface area (Å²) < 4.78 is 6.23. The van der Waals surface area contributed by atoms with Crippen molar-refractivity contribution in [3.05, 3.63) is 0 Å². The minimum absolute atomic E-state index is 0.180. The largest absolute Gasteiger partial charge is 0.374 e. The van der Waals surface area contributed by atoms with Crippen LogP contribution in [0.4, 0.5) is 0 Å². The normalized spacial score (nSPS) is 24.2. The molecule has 94 valence electrons. The van der Waals surface area contributed by atoms with E-state index in [9.17, 15) is 0 Å². The summed E-state index contributed by atoms with van der Waals surface area (Å²) in [6.45, 7) is 6.47. The van der Waals surface area contributed by atoms with E-state index in [4.69, 9.17) is 4.74 Å². The molecule has 2 saturated carbocycles. The first kappa shape index (κ1) is 12.4. The van der Waals surface area contributed by atoms with Crippen molar-refractivity contribution >= 4 is 0 Å². The monoisotopic (exact) mass is 225 g/mol. The van der Waals surface area contributed by atoms with Crippen LogP contribution in [0.2, 0.25) is 0 Å². The smallest absolute Gasteiger partial charge is 0.0806 e. The van der Waals surface area contributed by atoms with Crippen LogP contribution < -0.4 is 5.32 Å². The van der Waals surface area contributed by atoms with E-state index >= 15 is 0 Å². The van der Waals surface area contributed by atoms with Crippen molar-refractivity contribution in [3.63, 3.8) is 0 Å². The quantitative estimate of drug-likeness (QED) is 0.719. The number of nitrogens with one attached hydrogen (secondary N) is 1. The summed E-state index contributed by atoms with van der Waals surface area (Å²) >= 11 is 0. The fourth-order valence-corrected chi connectivity index (χ4v) is 2.63. The lowest BCUT2D eigenvalue weighted by atomic mass is 10.0. The molecule has 16 heavy (non-hydrogen) atoms. The molecule has 0 saturated heterocycles. The van der Waals surface area contributed by atoms with Gasteiger partial charge >= 0.3 is 0 Å². The van der Waals surface area contributed by atoms with Gasteiger partial charge in [0, 0.05) is 19.2 Å². The Kier molecular flexibility index (Phi) is 4.26. The SMILES string of the molecule is CC(C)NCC1(OCCC2CC2)CCCC1. The van der Waals surface area contributed by atoms with Crippen molar-refractivity contribution in [1.82, 2.24) is 5.32 Å². The molecule has 1 N–H and O–H groups in total. The van der Waals surface area contributed by atoms with Gasteiger partial charge in [0.05, 0.1) is 5.60 Å². The molecular weight excluding hydrogens is 198 g/mol. The average molecular weight is 225 g/mol. The molecule has 0 aromatic carbocycles. The maximum atomic E-state index is 6.23. The highest BCUT2D eigenvalue weighted by Gasteiger charge is 2.35. The van der Waals surface area contributed by atoms with E-state index in [2.05, 4.69) is 19.2 Å². The standard InChI is InChI=1S/C14H27NO/c1-12(2)15-11-14(8-3-4-9-14)16-10-7-13-5-6-13/h12-13,15H,3-11H2,1-2H3. The molecule has 2 aliphatic carbocycles. The Bertz CT molecular complexity index is 205. The molecule has 0 unspecified atom stereocenters. The molecule has 0 radical (unpaired) electrons. The highest BCUT2D eigenvalue weighted by Crippen LogP contribution is 2.36. The number of hydrogen-bond donors (Lipinski definition) is 1. The van der Waals surface area contributed by atoms with E-state index in [0.717, 1.165) is 19.1 Å². The van der Waals surface area contributed by atoms with Crippen LogP contribution in [0.3, 0.4) is 0 Å². The van der Waals surface area contributed by atoms with E-state index in [1.807, 2.05) is 0 Å². The van der Waals surface area contributed by atoms with Gasteiger partial charge in [-0.3, -0.25) is 0 Å². The van der Waals surface area contributed by atoms with Crippen LogP contribution in [0.15, 0.2) is 0 Å². The first-order valence-electron chi connectivity index (χ1n) is 7.08. The highest BCUT2D eigenvalue weighted by atomic mass is 16.5. The Balaban J connectivity index is 1.72. The van der Waals surface area contributed by atoms with E-state index < -0.39 is 0 Å². The Labute approximate surface area is 100 Å². The third-order valence-corrected chi connectivity index (χ3v) is 3.98. The molecule has 0 aromatic heterocycles. The summed E-state index contributed by atoms with van der Waals surface area (Å²) in [5, 5.41) is 3.56. The maximum Gasteiger partial charge on any atom is 0.0806 e. The van der Waals surface area contributed by atoms with E-state index in [0.29, 0.717) is 6.04 Å². The van der Waals surface area contributed by atoms with Gasteiger partial charge in [-0.1, -0.05) is 39.5 Å². The van der Waals surface area contributed by atoms with E-state index in [1.165, 1.54) is 44.9 Å². The van der Waals surface area contributed by atoms with E-state index in [-0.39, 0.29) is 5.60 Å². The topological polar surface area (TPSA) is 21.3 Å². The van der Waals surface area contributed by atoms with Crippen LogP contribution >= 0.6 is 0 Å². The minimum Gasteiger partial charge on any atom is -0.374 e. The first-order chi connectivity index (χ1) is 7.70. The second-order valence-electron chi connectivity index (χ2n) is 6.01. The minimum atomic E-state index is 0.180. The number of rotatable bonds is 7. The molecule has 2 nitrogen and oxygen atoms in total. The summed E-state index contributed by atoms with van der Waals surface area (Å²) in [6, 6.07) is 0.574. The van der Waals surface area contributed by atoms with Gasteiger partial charge in [-0.25, -0.2) is 0 Å². The lowest BCUT2D eigenvalue weighted by Gasteiger charge is -2.31. The predicted molar refractivity (Wildman–Crippen MR) is 67.6 cm³/mol. The van der Waals surface area contributed by atoms with Crippen LogP contribution in [0.25, 0.3) is 0 Å². The fraction of sp³-hybridized carbons (Fsp3) is 1.00. The third-order valence-electron chi connectivity index (χ3n) is 3.98. The Morgan fingerprint density at radius 2 is 1.94 bits per heavy atom. The molecule has 2 rings (SSSR count). The Morgan fingerprint density at radius 1 is 1.25 bits per heavy atom. The van der Waals surface area contributed by atoms with Crippen molar-refractivity contribution in [2.45, 2.75) is 70.4 Å². The molecule has 0 aliphatic heterocycles. The lowest BCUT2D eigenvalue weighted by Crippen LogP contribution is -2.43. The third kappa shape index (κ3) is 3.74. The van der Waals surface area contributed by atoms with Crippen LogP contribution in [-0.4, -0.2) is 24.8 Å². The summed E-state index contributed by atoms with van der Waals surface area (Å²) in [7, 11) is 0. The second-order valence-corrected chi connectivity index (χ2v) is 6.01. The second kappa shape index (κ2) is 5.50. The molecule has 2 heteroatoms. The van der Waals surface area contributed by atoms with E-state index in [1.54, 1.807) is 0 Å². The molecule has 0 heterocycles. The Morgan fingerprint density at radius 3 is 2.50 bits per heavy atom. The first-order valence-corrected chi connectivity index (χ1v) is 7.08. The molecule has 2 aliphatic rings. The summed E-state index contributed by atoms with van der Waals surface area (Å²) in [5.41, 5.74) is 0.180. The zero-order valence-corrected chi connectivity index (χ0v) is 10.9. The van der Waals surface area contributed by atoms with Gasteiger partial charge in [-0.05, 0) is 25.2 Å².